The fraction of sp³-hybridized carbons (Fsp3) is 0.882. The molecule has 0 bridgehead atoms. The van der Waals surface area contributed by atoms with Crippen LogP contribution in [0.3, 0.4) is 0 Å². The number of piperidine rings is 1. The lowest BCUT2D eigenvalue weighted by Gasteiger charge is -2.41. The molecule has 7 nitrogen and oxygen atoms in total. The summed E-state index contributed by atoms with van der Waals surface area (Å²) in [6, 6.07) is 0. The minimum Gasteiger partial charge on any atom is -0.388 e. The molecule has 2 fully saturated rings. The summed E-state index contributed by atoms with van der Waals surface area (Å²) in [6.45, 7) is 6.55. The van der Waals surface area contributed by atoms with Gasteiger partial charge in [0.1, 0.15) is 0 Å². The van der Waals surface area contributed by atoms with Crippen molar-refractivity contribution in [1.29, 1.82) is 0 Å². The molecule has 0 aliphatic carbocycles. The predicted molar refractivity (Wildman–Crippen MR) is 92.6 cm³/mol. The van der Waals surface area contributed by atoms with Crippen molar-refractivity contribution in [2.24, 2.45) is 5.92 Å². The van der Waals surface area contributed by atoms with Crippen molar-refractivity contribution in [3.8, 4) is 0 Å². The molecule has 0 aromatic rings. The van der Waals surface area contributed by atoms with Gasteiger partial charge in [0.15, 0.2) is 0 Å². The molecule has 0 saturated carbocycles. The Balaban J connectivity index is 1.97. The molecule has 2 amide bonds. The third-order valence-corrected chi connectivity index (χ3v) is 5.26. The fourth-order valence-electron chi connectivity index (χ4n) is 3.72. The van der Waals surface area contributed by atoms with Crippen LogP contribution in [-0.4, -0.2) is 109 Å². The van der Waals surface area contributed by atoms with Gasteiger partial charge in [-0.15, -0.1) is 0 Å². The fourth-order valence-corrected chi connectivity index (χ4v) is 3.72. The Morgan fingerprint density at radius 1 is 1.12 bits per heavy atom. The van der Waals surface area contributed by atoms with Crippen molar-refractivity contribution >= 4 is 11.8 Å². The lowest BCUT2D eigenvalue weighted by Crippen LogP contribution is -2.53. The molecule has 2 rings (SSSR count). The van der Waals surface area contributed by atoms with Gasteiger partial charge in [0.05, 0.1) is 11.5 Å². The number of nitrogens with zero attached hydrogens (tertiary/aromatic N) is 4. The molecule has 0 aromatic heterocycles. The van der Waals surface area contributed by atoms with E-state index in [-0.39, 0.29) is 17.7 Å². The lowest BCUT2D eigenvalue weighted by atomic mass is 9.90. The number of β-amino-alcohol motifs (C(OH)–C–C–N with tert-alkyl or cyclic N) is 1. The van der Waals surface area contributed by atoms with E-state index in [0.29, 0.717) is 39.0 Å². The monoisotopic (exact) mass is 340 g/mol. The zero-order valence-electron chi connectivity index (χ0n) is 15.5. The van der Waals surface area contributed by atoms with Gasteiger partial charge in [-0.2, -0.15) is 0 Å². The smallest absolute Gasteiger partial charge is 0.227 e. The largest absolute Gasteiger partial charge is 0.388 e. The first-order chi connectivity index (χ1) is 11.2. The lowest BCUT2D eigenvalue weighted by molar-refractivity contribution is -0.136. The Hall–Kier alpha value is -1.18. The number of likely N-dealkylation sites (N-methyl/N-ethyl adjacent to an activating group) is 1. The molecular formula is C17H32N4O3. The third-order valence-electron chi connectivity index (χ3n) is 5.26. The molecule has 1 unspecified atom stereocenters. The average Bonchev–Trinajstić information content (AvgIpc) is 2.68. The van der Waals surface area contributed by atoms with E-state index in [1.54, 1.807) is 30.8 Å². The Kier molecular flexibility index (Phi) is 6.22. The van der Waals surface area contributed by atoms with Crippen molar-refractivity contribution in [3.05, 3.63) is 0 Å². The Labute approximate surface area is 145 Å². The van der Waals surface area contributed by atoms with Crippen LogP contribution in [0.25, 0.3) is 0 Å². The molecule has 0 radical (unpaired) electrons. The van der Waals surface area contributed by atoms with Crippen LogP contribution < -0.4 is 0 Å². The molecule has 2 saturated heterocycles. The standard InChI is InChI=1S/C17H32N4O3/c1-14(22)21-7-5-17(24,6-8-21)13-20-10-9-19(4)11-15(12-20)16(23)18(2)3/h15,24H,5-13H2,1-4H3. The quantitative estimate of drug-likeness (QED) is 0.737. The molecule has 1 atom stereocenters. The van der Waals surface area contributed by atoms with Gasteiger partial charge in [0.25, 0.3) is 0 Å². The molecule has 2 aliphatic heterocycles. The highest BCUT2D eigenvalue weighted by Gasteiger charge is 2.37. The van der Waals surface area contributed by atoms with Gasteiger partial charge in [0, 0.05) is 66.8 Å². The second-order valence-electron chi connectivity index (χ2n) is 7.66. The third kappa shape index (κ3) is 4.91. The van der Waals surface area contributed by atoms with Gasteiger partial charge < -0.3 is 19.8 Å². The number of hydrogen-bond donors (Lipinski definition) is 1. The summed E-state index contributed by atoms with van der Waals surface area (Å²) >= 11 is 0. The minimum atomic E-state index is -0.763. The van der Waals surface area contributed by atoms with Crippen LogP contribution >= 0.6 is 0 Å². The Morgan fingerprint density at radius 2 is 1.75 bits per heavy atom. The molecule has 0 spiro atoms. The summed E-state index contributed by atoms with van der Waals surface area (Å²) in [5, 5.41) is 10.9. The summed E-state index contributed by atoms with van der Waals surface area (Å²) in [6.07, 6.45) is 1.20. The van der Waals surface area contributed by atoms with E-state index in [2.05, 4.69) is 9.80 Å². The first kappa shape index (κ1) is 19.1. The maximum Gasteiger partial charge on any atom is 0.227 e. The molecule has 138 valence electrons. The molecule has 2 heterocycles. The second-order valence-corrected chi connectivity index (χ2v) is 7.66. The van der Waals surface area contributed by atoms with Gasteiger partial charge in [-0.05, 0) is 19.9 Å². The van der Waals surface area contributed by atoms with Gasteiger partial charge in [-0.3, -0.25) is 14.5 Å². The van der Waals surface area contributed by atoms with Crippen molar-refractivity contribution in [2.45, 2.75) is 25.4 Å². The van der Waals surface area contributed by atoms with E-state index in [1.807, 2.05) is 7.05 Å². The van der Waals surface area contributed by atoms with Crippen LogP contribution in [0.4, 0.5) is 0 Å². The van der Waals surface area contributed by atoms with E-state index in [1.165, 1.54) is 0 Å². The predicted octanol–water partition coefficient (Wildman–Crippen LogP) is -0.688. The highest BCUT2D eigenvalue weighted by atomic mass is 16.3. The van der Waals surface area contributed by atoms with Gasteiger partial charge in [0.2, 0.25) is 11.8 Å². The Bertz CT molecular complexity index is 461. The Morgan fingerprint density at radius 3 is 2.29 bits per heavy atom. The first-order valence-electron chi connectivity index (χ1n) is 8.80. The summed E-state index contributed by atoms with van der Waals surface area (Å²) in [5.74, 6) is 0.158. The van der Waals surface area contributed by atoms with Crippen LogP contribution in [0.1, 0.15) is 19.8 Å². The number of hydrogen-bond acceptors (Lipinski definition) is 5. The number of rotatable bonds is 3. The van der Waals surface area contributed by atoms with Crippen LogP contribution in [-0.2, 0) is 9.59 Å². The van der Waals surface area contributed by atoms with E-state index in [4.69, 9.17) is 0 Å². The number of aliphatic hydroxyl groups is 1. The molecular weight excluding hydrogens is 308 g/mol. The zero-order valence-corrected chi connectivity index (χ0v) is 15.5. The maximum atomic E-state index is 12.4. The van der Waals surface area contributed by atoms with Gasteiger partial charge >= 0.3 is 0 Å². The second kappa shape index (κ2) is 7.80. The normalized spacial score (nSPS) is 26.0. The van der Waals surface area contributed by atoms with Crippen molar-refractivity contribution in [2.75, 3.05) is 67.0 Å². The summed E-state index contributed by atoms with van der Waals surface area (Å²) < 4.78 is 0. The molecule has 1 N–H and O–H groups in total. The maximum absolute atomic E-state index is 12.4. The topological polar surface area (TPSA) is 67.3 Å². The van der Waals surface area contributed by atoms with Crippen LogP contribution in [0.5, 0.6) is 0 Å². The van der Waals surface area contributed by atoms with E-state index in [9.17, 15) is 14.7 Å². The van der Waals surface area contributed by atoms with Gasteiger partial charge in [-0.25, -0.2) is 0 Å². The summed E-state index contributed by atoms with van der Waals surface area (Å²) in [7, 11) is 5.63. The number of amides is 2. The van der Waals surface area contributed by atoms with Crippen molar-refractivity contribution in [1.82, 2.24) is 19.6 Å². The highest BCUT2D eigenvalue weighted by Crippen LogP contribution is 2.24. The molecule has 24 heavy (non-hydrogen) atoms. The van der Waals surface area contributed by atoms with E-state index in [0.717, 1.165) is 19.6 Å². The number of carbonyl (C=O) groups excluding carboxylic acids is 2. The van der Waals surface area contributed by atoms with Crippen molar-refractivity contribution < 1.29 is 14.7 Å². The highest BCUT2D eigenvalue weighted by molar-refractivity contribution is 5.78. The first-order valence-corrected chi connectivity index (χ1v) is 8.80. The average molecular weight is 340 g/mol. The van der Waals surface area contributed by atoms with E-state index >= 15 is 0 Å². The summed E-state index contributed by atoms with van der Waals surface area (Å²) in [4.78, 5) is 31.7. The van der Waals surface area contributed by atoms with Crippen molar-refractivity contribution in [3.63, 3.8) is 0 Å². The molecule has 2 aliphatic rings. The van der Waals surface area contributed by atoms with Crippen LogP contribution in [0.2, 0.25) is 0 Å². The molecule has 7 heteroatoms. The number of carbonyl (C=O) groups is 2. The van der Waals surface area contributed by atoms with Crippen LogP contribution in [0, 0.1) is 5.92 Å². The summed E-state index contributed by atoms with van der Waals surface area (Å²) in [5.41, 5.74) is -0.763. The van der Waals surface area contributed by atoms with E-state index < -0.39 is 5.60 Å². The molecule has 0 aromatic carbocycles. The van der Waals surface area contributed by atoms with Gasteiger partial charge in [-0.1, -0.05) is 0 Å². The minimum absolute atomic E-state index is 0.0617. The van der Waals surface area contributed by atoms with Crippen LogP contribution in [0.15, 0.2) is 0 Å². The zero-order chi connectivity index (χ0) is 17.9. The number of likely N-dealkylation sites (tertiary alicyclic amines) is 1. The SMILES string of the molecule is CC(=O)N1CCC(O)(CN2CCN(C)CC(C(=O)N(C)C)C2)CC1.